The first kappa shape index (κ1) is 16.8. The van der Waals surface area contributed by atoms with Gasteiger partial charge in [-0.05, 0) is 37.6 Å². The molecule has 0 aromatic heterocycles. The first-order chi connectivity index (χ1) is 12.1. The monoisotopic (exact) mass is 339 g/mol. The van der Waals surface area contributed by atoms with E-state index in [1.54, 1.807) is 19.1 Å². The molecule has 2 aromatic carbocycles. The van der Waals surface area contributed by atoms with E-state index in [1.165, 1.54) is 4.90 Å². The standard InChI is InChI=1S/C19H21N3O3/c1-3-25-16-9-6-8-15(11-16)20-19(24)22-12-14-7-4-5-10-17(14)21-18(23)13(22)2/h4-11,13H,3,12H2,1-2H3,(H,20,24)(H,21,23)/t13-/m0/s1. The summed E-state index contributed by atoms with van der Waals surface area (Å²) in [4.78, 5) is 26.6. The summed E-state index contributed by atoms with van der Waals surface area (Å²) >= 11 is 0. The van der Waals surface area contributed by atoms with Gasteiger partial charge in [0.05, 0.1) is 13.2 Å². The number of fused-ring (bicyclic) bond motifs is 1. The summed E-state index contributed by atoms with van der Waals surface area (Å²) in [6, 6.07) is 13.8. The molecule has 1 heterocycles. The summed E-state index contributed by atoms with van der Waals surface area (Å²) in [6.07, 6.45) is 0. The number of rotatable bonds is 3. The van der Waals surface area contributed by atoms with Crippen molar-refractivity contribution in [3.8, 4) is 5.75 Å². The molecular weight excluding hydrogens is 318 g/mol. The largest absolute Gasteiger partial charge is 0.494 e. The van der Waals surface area contributed by atoms with Crippen LogP contribution in [0.2, 0.25) is 0 Å². The van der Waals surface area contributed by atoms with Gasteiger partial charge in [0.15, 0.2) is 0 Å². The van der Waals surface area contributed by atoms with Crippen molar-refractivity contribution in [1.82, 2.24) is 4.90 Å². The minimum Gasteiger partial charge on any atom is -0.494 e. The fourth-order valence-corrected chi connectivity index (χ4v) is 2.75. The summed E-state index contributed by atoms with van der Waals surface area (Å²) in [7, 11) is 0. The second kappa shape index (κ2) is 7.25. The molecule has 25 heavy (non-hydrogen) atoms. The van der Waals surface area contributed by atoms with E-state index in [-0.39, 0.29) is 11.9 Å². The highest BCUT2D eigenvalue weighted by atomic mass is 16.5. The van der Waals surface area contributed by atoms with Crippen LogP contribution in [0.3, 0.4) is 0 Å². The topological polar surface area (TPSA) is 70.7 Å². The Kier molecular flexibility index (Phi) is 4.88. The Morgan fingerprint density at radius 3 is 2.88 bits per heavy atom. The molecule has 1 aliphatic rings. The number of urea groups is 1. The van der Waals surface area contributed by atoms with Crippen molar-refractivity contribution in [2.75, 3.05) is 17.2 Å². The minimum atomic E-state index is -0.581. The Morgan fingerprint density at radius 2 is 2.08 bits per heavy atom. The van der Waals surface area contributed by atoms with Crippen LogP contribution in [0.15, 0.2) is 48.5 Å². The van der Waals surface area contributed by atoms with Crippen molar-refractivity contribution in [2.24, 2.45) is 0 Å². The lowest BCUT2D eigenvalue weighted by Crippen LogP contribution is -2.45. The number of amides is 3. The number of nitrogens with zero attached hydrogens (tertiary/aromatic N) is 1. The molecule has 0 fully saturated rings. The maximum Gasteiger partial charge on any atom is 0.322 e. The molecule has 0 aliphatic carbocycles. The summed E-state index contributed by atoms with van der Waals surface area (Å²) in [5.74, 6) is 0.482. The van der Waals surface area contributed by atoms with Gasteiger partial charge < -0.3 is 20.3 Å². The highest BCUT2D eigenvalue weighted by Gasteiger charge is 2.30. The molecule has 0 saturated heterocycles. The van der Waals surface area contributed by atoms with Crippen molar-refractivity contribution in [3.63, 3.8) is 0 Å². The van der Waals surface area contributed by atoms with E-state index < -0.39 is 6.04 Å². The Labute approximate surface area is 146 Å². The smallest absolute Gasteiger partial charge is 0.322 e. The van der Waals surface area contributed by atoms with Crippen molar-refractivity contribution < 1.29 is 14.3 Å². The molecule has 2 aromatic rings. The van der Waals surface area contributed by atoms with E-state index in [0.29, 0.717) is 24.6 Å². The number of hydrogen-bond acceptors (Lipinski definition) is 3. The van der Waals surface area contributed by atoms with Crippen molar-refractivity contribution in [2.45, 2.75) is 26.4 Å². The fraction of sp³-hybridized carbons (Fsp3) is 0.263. The zero-order valence-corrected chi connectivity index (χ0v) is 14.3. The van der Waals surface area contributed by atoms with E-state index in [4.69, 9.17) is 4.74 Å². The predicted molar refractivity (Wildman–Crippen MR) is 96.7 cm³/mol. The number of nitrogens with one attached hydrogen (secondary N) is 2. The molecule has 3 amide bonds. The number of carbonyl (C=O) groups is 2. The van der Waals surface area contributed by atoms with E-state index in [0.717, 1.165) is 11.3 Å². The molecule has 6 heteroatoms. The van der Waals surface area contributed by atoms with E-state index in [2.05, 4.69) is 10.6 Å². The number of anilines is 2. The van der Waals surface area contributed by atoms with Crippen molar-refractivity contribution >= 4 is 23.3 Å². The van der Waals surface area contributed by atoms with Crippen LogP contribution < -0.4 is 15.4 Å². The molecule has 0 spiro atoms. The lowest BCUT2D eigenvalue weighted by atomic mass is 10.1. The second-order valence-electron chi connectivity index (χ2n) is 5.84. The van der Waals surface area contributed by atoms with Crippen LogP contribution in [0.1, 0.15) is 19.4 Å². The van der Waals surface area contributed by atoms with Crippen LogP contribution >= 0.6 is 0 Å². The lowest BCUT2D eigenvalue weighted by Gasteiger charge is -2.26. The van der Waals surface area contributed by atoms with Gasteiger partial charge in [-0.15, -0.1) is 0 Å². The quantitative estimate of drug-likeness (QED) is 0.900. The summed E-state index contributed by atoms with van der Waals surface area (Å²) in [5, 5.41) is 5.71. The average Bonchev–Trinajstić information content (AvgIpc) is 2.72. The SMILES string of the molecule is CCOc1cccc(NC(=O)N2Cc3ccccc3NC(=O)[C@@H]2C)c1. The first-order valence-corrected chi connectivity index (χ1v) is 8.27. The molecule has 6 nitrogen and oxygen atoms in total. The van der Waals surface area contributed by atoms with Gasteiger partial charge in [0, 0.05) is 17.4 Å². The van der Waals surface area contributed by atoms with Crippen molar-refractivity contribution in [3.05, 3.63) is 54.1 Å². The van der Waals surface area contributed by atoms with Gasteiger partial charge in [-0.1, -0.05) is 24.3 Å². The van der Waals surface area contributed by atoms with Gasteiger partial charge in [-0.25, -0.2) is 4.79 Å². The molecule has 0 saturated carbocycles. The van der Waals surface area contributed by atoms with E-state index >= 15 is 0 Å². The van der Waals surface area contributed by atoms with Gasteiger partial charge in [-0.3, -0.25) is 4.79 Å². The van der Waals surface area contributed by atoms with Gasteiger partial charge in [0.1, 0.15) is 11.8 Å². The molecule has 0 bridgehead atoms. The molecular formula is C19H21N3O3. The maximum atomic E-state index is 12.7. The minimum absolute atomic E-state index is 0.205. The van der Waals surface area contributed by atoms with E-state index in [9.17, 15) is 9.59 Å². The van der Waals surface area contributed by atoms with Crippen LogP contribution in [0.25, 0.3) is 0 Å². The Hall–Kier alpha value is -3.02. The second-order valence-corrected chi connectivity index (χ2v) is 5.84. The van der Waals surface area contributed by atoms with Crippen LogP contribution in [-0.2, 0) is 11.3 Å². The van der Waals surface area contributed by atoms with Gasteiger partial charge >= 0.3 is 6.03 Å². The number of hydrogen-bond donors (Lipinski definition) is 2. The van der Waals surface area contributed by atoms with Crippen LogP contribution in [-0.4, -0.2) is 29.5 Å². The Balaban J connectivity index is 1.81. The third-order valence-electron chi connectivity index (χ3n) is 4.12. The summed E-state index contributed by atoms with van der Waals surface area (Å²) in [6.45, 7) is 4.53. The normalized spacial score (nSPS) is 16.5. The highest BCUT2D eigenvalue weighted by Crippen LogP contribution is 2.24. The molecule has 130 valence electrons. The molecule has 0 radical (unpaired) electrons. The van der Waals surface area contributed by atoms with Gasteiger partial charge in [-0.2, -0.15) is 0 Å². The number of para-hydroxylation sites is 1. The first-order valence-electron chi connectivity index (χ1n) is 8.27. The Bertz CT molecular complexity index is 791. The number of benzene rings is 2. The predicted octanol–water partition coefficient (Wildman–Crippen LogP) is 3.46. The zero-order chi connectivity index (χ0) is 17.8. The molecule has 3 rings (SSSR count). The molecule has 0 unspecified atom stereocenters. The van der Waals surface area contributed by atoms with Crippen LogP contribution in [0.5, 0.6) is 5.75 Å². The highest BCUT2D eigenvalue weighted by molar-refractivity contribution is 6.00. The average molecular weight is 339 g/mol. The lowest BCUT2D eigenvalue weighted by molar-refractivity contribution is -0.119. The summed E-state index contributed by atoms with van der Waals surface area (Å²) < 4.78 is 5.45. The Morgan fingerprint density at radius 1 is 1.28 bits per heavy atom. The third-order valence-corrected chi connectivity index (χ3v) is 4.12. The third kappa shape index (κ3) is 3.74. The van der Waals surface area contributed by atoms with Gasteiger partial charge in [0.2, 0.25) is 5.91 Å². The summed E-state index contributed by atoms with van der Waals surface area (Å²) in [5.41, 5.74) is 2.27. The number of ether oxygens (including phenoxy) is 1. The molecule has 1 atom stereocenters. The van der Waals surface area contributed by atoms with Gasteiger partial charge in [0.25, 0.3) is 0 Å². The zero-order valence-electron chi connectivity index (χ0n) is 14.3. The van der Waals surface area contributed by atoms with E-state index in [1.807, 2.05) is 43.3 Å². The van der Waals surface area contributed by atoms with Crippen molar-refractivity contribution in [1.29, 1.82) is 0 Å². The molecule has 1 aliphatic heterocycles. The fourth-order valence-electron chi connectivity index (χ4n) is 2.75. The maximum absolute atomic E-state index is 12.7. The number of carbonyl (C=O) groups excluding carboxylic acids is 2. The van der Waals surface area contributed by atoms with Crippen LogP contribution in [0.4, 0.5) is 16.2 Å². The van der Waals surface area contributed by atoms with Crippen LogP contribution in [0, 0.1) is 0 Å². The molecule has 2 N–H and O–H groups in total.